The average Bonchev–Trinajstić information content (AvgIpc) is 2.36. The lowest BCUT2D eigenvalue weighted by Gasteiger charge is -2.31. The van der Waals surface area contributed by atoms with E-state index in [9.17, 15) is 4.79 Å². The molecule has 1 heterocycles. The zero-order valence-corrected chi connectivity index (χ0v) is 14.5. The molecule has 21 heavy (non-hydrogen) atoms. The Hall–Kier alpha value is -0.230. The van der Waals surface area contributed by atoms with Crippen molar-refractivity contribution in [2.45, 2.75) is 13.0 Å². The zero-order chi connectivity index (χ0) is 14.7. The summed E-state index contributed by atoms with van der Waals surface area (Å²) in [4.78, 5) is 14.1. The van der Waals surface area contributed by atoms with Crippen LogP contribution in [0.2, 0.25) is 15.1 Å². The molecule has 1 aliphatic heterocycles. The highest BCUT2D eigenvalue weighted by atomic mass is 35.5. The molecule has 1 amide bonds. The summed E-state index contributed by atoms with van der Waals surface area (Å²) in [6.07, 6.45) is 0. The molecular formula is C13H17Cl4N3O. The number of hydrogen-bond donors (Lipinski definition) is 2. The molecule has 1 aliphatic rings. The molecule has 2 N–H and O–H groups in total. The van der Waals surface area contributed by atoms with Crippen molar-refractivity contribution in [1.29, 1.82) is 0 Å². The Morgan fingerprint density at radius 3 is 2.67 bits per heavy atom. The topological polar surface area (TPSA) is 44.4 Å². The van der Waals surface area contributed by atoms with Crippen LogP contribution < -0.4 is 10.6 Å². The Balaban J connectivity index is 0.00000220. The van der Waals surface area contributed by atoms with Gasteiger partial charge in [-0.2, -0.15) is 0 Å². The Morgan fingerprint density at radius 1 is 1.33 bits per heavy atom. The van der Waals surface area contributed by atoms with Crippen molar-refractivity contribution in [3.63, 3.8) is 0 Å². The van der Waals surface area contributed by atoms with E-state index in [4.69, 9.17) is 34.8 Å². The highest BCUT2D eigenvalue weighted by molar-refractivity contribution is 6.44. The van der Waals surface area contributed by atoms with Crippen LogP contribution in [0.25, 0.3) is 0 Å². The Morgan fingerprint density at radius 2 is 2.00 bits per heavy atom. The molecule has 118 valence electrons. The molecule has 0 saturated carbocycles. The number of rotatable bonds is 3. The maximum absolute atomic E-state index is 12.0. The monoisotopic (exact) mass is 371 g/mol. The summed E-state index contributed by atoms with van der Waals surface area (Å²) in [6.45, 7) is 5.03. The van der Waals surface area contributed by atoms with Crippen molar-refractivity contribution in [2.75, 3.05) is 31.5 Å². The third-order valence-corrected chi connectivity index (χ3v) is 4.14. The van der Waals surface area contributed by atoms with Gasteiger partial charge in [-0.3, -0.25) is 9.69 Å². The molecule has 8 heteroatoms. The summed E-state index contributed by atoms with van der Waals surface area (Å²) < 4.78 is 0. The van der Waals surface area contributed by atoms with Crippen LogP contribution in [0.5, 0.6) is 0 Å². The second-order valence-corrected chi connectivity index (χ2v) is 6.11. The minimum atomic E-state index is -0.112. The number of hydrogen-bond acceptors (Lipinski definition) is 3. The molecule has 1 aromatic carbocycles. The molecule has 1 fully saturated rings. The van der Waals surface area contributed by atoms with Gasteiger partial charge < -0.3 is 10.6 Å². The van der Waals surface area contributed by atoms with Crippen molar-refractivity contribution in [3.05, 3.63) is 27.2 Å². The smallest absolute Gasteiger partial charge is 0.238 e. The average molecular weight is 373 g/mol. The molecule has 4 nitrogen and oxygen atoms in total. The van der Waals surface area contributed by atoms with Gasteiger partial charge in [0.05, 0.1) is 27.3 Å². The van der Waals surface area contributed by atoms with Crippen LogP contribution in [-0.4, -0.2) is 43.0 Å². The number of benzene rings is 1. The van der Waals surface area contributed by atoms with Crippen LogP contribution in [0.3, 0.4) is 0 Å². The molecule has 0 aromatic heterocycles. The van der Waals surface area contributed by atoms with E-state index in [1.807, 2.05) is 0 Å². The fourth-order valence-electron chi connectivity index (χ4n) is 2.17. The third kappa shape index (κ3) is 5.47. The molecule has 0 aliphatic carbocycles. The van der Waals surface area contributed by atoms with Crippen LogP contribution >= 0.6 is 47.2 Å². The lowest BCUT2D eigenvalue weighted by molar-refractivity contribution is -0.117. The minimum absolute atomic E-state index is 0. The molecule has 1 aromatic rings. The van der Waals surface area contributed by atoms with Crippen LogP contribution in [0.1, 0.15) is 6.92 Å². The summed E-state index contributed by atoms with van der Waals surface area (Å²) >= 11 is 17.8. The lowest BCUT2D eigenvalue weighted by Crippen LogP contribution is -2.51. The van der Waals surface area contributed by atoms with Gasteiger partial charge in [0.2, 0.25) is 5.91 Å². The predicted molar refractivity (Wildman–Crippen MR) is 91.3 cm³/mol. The van der Waals surface area contributed by atoms with Gasteiger partial charge in [0.25, 0.3) is 0 Å². The number of nitrogens with zero attached hydrogens (tertiary/aromatic N) is 1. The summed E-state index contributed by atoms with van der Waals surface area (Å²) in [6, 6.07) is 3.48. The Labute approximate surface area is 145 Å². The van der Waals surface area contributed by atoms with Gasteiger partial charge in [-0.05, 0) is 19.1 Å². The van der Waals surface area contributed by atoms with Crippen molar-refractivity contribution < 1.29 is 4.79 Å². The minimum Gasteiger partial charge on any atom is -0.324 e. The van der Waals surface area contributed by atoms with Crippen molar-refractivity contribution in [2.24, 2.45) is 0 Å². The van der Waals surface area contributed by atoms with E-state index < -0.39 is 0 Å². The predicted octanol–water partition coefficient (Wildman–Crippen LogP) is 3.30. The van der Waals surface area contributed by atoms with Crippen molar-refractivity contribution in [1.82, 2.24) is 10.2 Å². The lowest BCUT2D eigenvalue weighted by atomic mass is 10.2. The maximum Gasteiger partial charge on any atom is 0.238 e. The number of anilines is 1. The van der Waals surface area contributed by atoms with E-state index in [0.717, 1.165) is 19.6 Å². The van der Waals surface area contributed by atoms with Gasteiger partial charge in [0.1, 0.15) is 0 Å². The van der Waals surface area contributed by atoms with E-state index in [-0.39, 0.29) is 18.3 Å². The zero-order valence-electron chi connectivity index (χ0n) is 11.5. The van der Waals surface area contributed by atoms with Gasteiger partial charge in [-0.1, -0.05) is 34.8 Å². The van der Waals surface area contributed by atoms with E-state index in [1.165, 1.54) is 6.07 Å². The SMILES string of the molecule is CC1CN(CC(=O)Nc2cc(Cl)c(Cl)cc2Cl)CCN1.Cl. The quantitative estimate of drug-likeness (QED) is 0.800. The normalized spacial score (nSPS) is 19.0. The van der Waals surface area contributed by atoms with Gasteiger partial charge in [0.15, 0.2) is 0 Å². The summed E-state index contributed by atoms with van der Waals surface area (Å²) in [5, 5.41) is 7.20. The molecule has 2 rings (SSSR count). The summed E-state index contributed by atoms with van der Waals surface area (Å²) in [7, 11) is 0. The third-order valence-electron chi connectivity index (χ3n) is 3.10. The van der Waals surface area contributed by atoms with Gasteiger partial charge in [-0.25, -0.2) is 0 Å². The van der Waals surface area contributed by atoms with Gasteiger partial charge >= 0.3 is 0 Å². The summed E-state index contributed by atoms with van der Waals surface area (Å²) in [5.74, 6) is -0.112. The number of carbonyl (C=O) groups excluding carboxylic acids is 1. The van der Waals surface area contributed by atoms with Crippen LogP contribution in [0, 0.1) is 0 Å². The second-order valence-electron chi connectivity index (χ2n) is 4.88. The first-order valence-electron chi connectivity index (χ1n) is 6.36. The molecule has 1 saturated heterocycles. The van der Waals surface area contributed by atoms with E-state index in [2.05, 4.69) is 22.5 Å². The highest BCUT2D eigenvalue weighted by Gasteiger charge is 2.18. The first kappa shape index (κ1) is 18.8. The first-order chi connectivity index (χ1) is 9.45. The number of carbonyl (C=O) groups is 1. The fraction of sp³-hybridized carbons (Fsp3) is 0.462. The maximum atomic E-state index is 12.0. The Kier molecular flexibility index (Phi) is 7.54. The molecule has 0 radical (unpaired) electrons. The first-order valence-corrected chi connectivity index (χ1v) is 7.49. The van der Waals surface area contributed by atoms with E-state index in [1.54, 1.807) is 6.07 Å². The molecular weight excluding hydrogens is 356 g/mol. The fourth-order valence-corrected chi connectivity index (χ4v) is 2.76. The second kappa shape index (κ2) is 8.42. The molecule has 0 bridgehead atoms. The van der Waals surface area contributed by atoms with Gasteiger partial charge in [0, 0.05) is 25.7 Å². The van der Waals surface area contributed by atoms with Crippen molar-refractivity contribution in [3.8, 4) is 0 Å². The van der Waals surface area contributed by atoms with Crippen LogP contribution in [0.4, 0.5) is 5.69 Å². The molecule has 1 unspecified atom stereocenters. The van der Waals surface area contributed by atoms with E-state index in [0.29, 0.717) is 33.3 Å². The molecule has 0 spiro atoms. The summed E-state index contributed by atoms with van der Waals surface area (Å²) in [5.41, 5.74) is 0.481. The van der Waals surface area contributed by atoms with Crippen LogP contribution in [-0.2, 0) is 4.79 Å². The Bertz CT molecular complexity index is 512. The molecule has 1 atom stereocenters. The highest BCUT2D eigenvalue weighted by Crippen LogP contribution is 2.32. The van der Waals surface area contributed by atoms with Crippen molar-refractivity contribution >= 4 is 58.8 Å². The van der Waals surface area contributed by atoms with E-state index >= 15 is 0 Å². The number of amides is 1. The number of halogens is 4. The number of nitrogens with one attached hydrogen (secondary N) is 2. The number of piperazine rings is 1. The largest absolute Gasteiger partial charge is 0.324 e. The van der Waals surface area contributed by atoms with Gasteiger partial charge in [-0.15, -0.1) is 12.4 Å². The standard InChI is InChI=1S/C13H16Cl3N3O.ClH/c1-8-6-19(3-2-17-8)7-13(20)18-12-5-10(15)9(14)4-11(12)16;/h4-5,8,17H,2-3,6-7H2,1H3,(H,18,20);1H. The van der Waals surface area contributed by atoms with Crippen LogP contribution in [0.15, 0.2) is 12.1 Å².